The average Bonchev–Trinajstić information content (AvgIpc) is 2.58. The van der Waals surface area contributed by atoms with Crippen LogP contribution < -0.4 is 21.5 Å². The molecule has 7 heteroatoms. The first-order valence-electron chi connectivity index (χ1n) is 8.88. The van der Waals surface area contributed by atoms with Gasteiger partial charge < -0.3 is 26.3 Å². The van der Waals surface area contributed by atoms with E-state index in [9.17, 15) is 19.5 Å². The molecule has 0 aromatic rings. The molecule has 0 aliphatic heterocycles. The molecule has 0 saturated heterocycles. The first-order chi connectivity index (χ1) is 11.3. The van der Waals surface area contributed by atoms with Crippen LogP contribution >= 0.6 is 0 Å². The van der Waals surface area contributed by atoms with E-state index in [0.29, 0.717) is 25.3 Å². The number of nitrogens with one attached hydrogen (secondary N) is 2. The van der Waals surface area contributed by atoms with E-state index in [2.05, 4.69) is 16.4 Å². The van der Waals surface area contributed by atoms with Crippen molar-refractivity contribution in [3.8, 4) is 0 Å². The van der Waals surface area contributed by atoms with Crippen LogP contribution in [-0.2, 0) is 14.4 Å². The number of hydrogen-bond acceptors (Lipinski definition) is 4. The molecule has 5 N–H and O–H groups in total. The van der Waals surface area contributed by atoms with Crippen LogP contribution in [0.15, 0.2) is 0 Å². The zero-order valence-corrected chi connectivity index (χ0v) is 15.0. The van der Waals surface area contributed by atoms with Crippen LogP contribution in [0.3, 0.4) is 0 Å². The summed E-state index contributed by atoms with van der Waals surface area (Å²) in [6, 6.07) is -1.20. The molecule has 0 aromatic carbocycles. The smallest absolute Gasteiger partial charge is 0.278 e. The number of aliphatic carboxylic acids is 1. The van der Waals surface area contributed by atoms with Gasteiger partial charge in [0.05, 0.1) is 12.0 Å². The standard InChI is InChI=1S/C17H31N3O4/c1-4-10(2)14(18)16(22)19-9-12-5-7-13(8-6-12)15(21)20-11(3)17(23)24/h10-14H,4-9,18H2,1-3H3,(H,19,22)(H,20,21)(H,23,24)/t10-,11-,12?,13?,14+/m1/s1. The Hall–Kier alpha value is -1.63. The van der Waals surface area contributed by atoms with E-state index < -0.39 is 12.0 Å². The molecule has 0 unspecified atom stereocenters. The van der Waals surface area contributed by atoms with Gasteiger partial charge in [0.1, 0.15) is 0 Å². The molecule has 0 bridgehead atoms. The monoisotopic (exact) mass is 341 g/mol. The maximum Gasteiger partial charge on any atom is 0.278 e. The maximum absolute atomic E-state index is 12.0. The number of carboxylic acids is 1. The zero-order valence-electron chi connectivity index (χ0n) is 15.0. The normalized spacial score (nSPS) is 24.5. The third-order valence-electron chi connectivity index (χ3n) is 5.16. The van der Waals surface area contributed by atoms with E-state index >= 15 is 0 Å². The summed E-state index contributed by atoms with van der Waals surface area (Å²) in [6.07, 6.45) is 4.05. The minimum Gasteiger partial charge on any atom is -0.548 e. The Morgan fingerprint density at radius 1 is 1.17 bits per heavy atom. The molecule has 138 valence electrons. The predicted octanol–water partition coefficient (Wildman–Crippen LogP) is -1.18. The van der Waals surface area contributed by atoms with Gasteiger partial charge in [0, 0.05) is 18.4 Å². The summed E-state index contributed by atoms with van der Waals surface area (Å²) in [7, 11) is 0. The molecule has 24 heavy (non-hydrogen) atoms. The fourth-order valence-electron chi connectivity index (χ4n) is 2.94. The van der Waals surface area contributed by atoms with Crippen molar-refractivity contribution in [3.63, 3.8) is 0 Å². The highest BCUT2D eigenvalue weighted by Gasteiger charge is 2.28. The van der Waals surface area contributed by atoms with Crippen molar-refractivity contribution in [2.45, 2.75) is 65.0 Å². The van der Waals surface area contributed by atoms with Crippen LogP contribution in [0.25, 0.3) is 0 Å². The molecule has 1 aliphatic carbocycles. The zero-order chi connectivity index (χ0) is 18.3. The van der Waals surface area contributed by atoms with Crippen LogP contribution in [0.4, 0.5) is 0 Å². The van der Waals surface area contributed by atoms with Crippen molar-refractivity contribution in [1.29, 1.82) is 0 Å². The van der Waals surface area contributed by atoms with Crippen molar-refractivity contribution in [2.75, 3.05) is 6.54 Å². The van der Waals surface area contributed by atoms with Crippen molar-refractivity contribution in [3.05, 3.63) is 0 Å². The molecule has 1 saturated carbocycles. The molecule has 3 atom stereocenters. The lowest BCUT2D eigenvalue weighted by atomic mass is 9.81. The van der Waals surface area contributed by atoms with Crippen molar-refractivity contribution < 1.29 is 25.2 Å². The number of rotatable bonds is 8. The second kappa shape index (κ2) is 9.61. The van der Waals surface area contributed by atoms with E-state index in [0.717, 1.165) is 19.3 Å². The van der Waals surface area contributed by atoms with Crippen molar-refractivity contribution >= 4 is 17.8 Å². The van der Waals surface area contributed by atoms with Crippen LogP contribution in [0.5, 0.6) is 0 Å². The topological polar surface area (TPSA) is 126 Å². The van der Waals surface area contributed by atoms with Crippen LogP contribution in [0.1, 0.15) is 52.9 Å². The Balaban J connectivity index is 2.32. The van der Waals surface area contributed by atoms with Crippen LogP contribution in [0, 0.1) is 17.8 Å². The first kappa shape index (κ1) is 20.4. The lowest BCUT2D eigenvalue weighted by Crippen LogP contribution is -2.70. The number of carbonyl (C=O) groups is 3. The molecule has 7 nitrogen and oxygen atoms in total. The molecular formula is C17H31N3O4. The Kier molecular flexibility index (Phi) is 8.18. The second-order valence-electron chi connectivity index (χ2n) is 7.00. The number of carboxylic acid groups (broad SMARTS) is 1. The van der Waals surface area contributed by atoms with E-state index in [4.69, 9.17) is 0 Å². The molecule has 0 aromatic heterocycles. The van der Waals surface area contributed by atoms with Crippen LogP contribution in [0.2, 0.25) is 0 Å². The number of amides is 2. The predicted molar refractivity (Wildman–Crippen MR) is 87.2 cm³/mol. The Morgan fingerprint density at radius 2 is 1.75 bits per heavy atom. The minimum atomic E-state index is -1.27. The summed E-state index contributed by atoms with van der Waals surface area (Å²) in [5.74, 6) is -1.03. The van der Waals surface area contributed by atoms with Gasteiger partial charge in [-0.15, -0.1) is 0 Å². The van der Waals surface area contributed by atoms with Crippen molar-refractivity contribution in [1.82, 2.24) is 10.6 Å². The van der Waals surface area contributed by atoms with E-state index in [-0.39, 0.29) is 29.7 Å². The Bertz CT molecular complexity index is 447. The van der Waals surface area contributed by atoms with E-state index in [1.807, 2.05) is 13.8 Å². The van der Waals surface area contributed by atoms with Gasteiger partial charge in [0.25, 0.3) is 5.91 Å². The van der Waals surface area contributed by atoms with Gasteiger partial charge in [0.15, 0.2) is 6.04 Å². The largest absolute Gasteiger partial charge is 0.548 e. The quantitative estimate of drug-likeness (QED) is 0.514. The number of quaternary nitrogens is 1. The van der Waals surface area contributed by atoms with Gasteiger partial charge in [-0.05, 0) is 44.9 Å². The van der Waals surface area contributed by atoms with E-state index in [1.54, 1.807) is 0 Å². The summed E-state index contributed by atoms with van der Waals surface area (Å²) in [6.45, 7) is 6.09. The molecule has 0 spiro atoms. The molecule has 1 fully saturated rings. The lowest BCUT2D eigenvalue weighted by molar-refractivity contribution is -0.415. The van der Waals surface area contributed by atoms with Crippen LogP contribution in [-0.4, -0.2) is 36.4 Å². The maximum atomic E-state index is 12.0. The lowest BCUT2D eigenvalue weighted by Gasteiger charge is -2.29. The van der Waals surface area contributed by atoms with Gasteiger partial charge in [-0.1, -0.05) is 13.8 Å². The molecular weight excluding hydrogens is 310 g/mol. The fraction of sp³-hybridized carbons (Fsp3) is 0.824. The highest BCUT2D eigenvalue weighted by atomic mass is 16.4. The Labute approximate surface area is 143 Å². The van der Waals surface area contributed by atoms with E-state index in [1.165, 1.54) is 6.92 Å². The fourth-order valence-corrected chi connectivity index (χ4v) is 2.94. The third-order valence-corrected chi connectivity index (χ3v) is 5.16. The summed E-state index contributed by atoms with van der Waals surface area (Å²) in [5.41, 5.74) is 3.93. The van der Waals surface area contributed by atoms with Gasteiger partial charge in [-0.2, -0.15) is 0 Å². The third kappa shape index (κ3) is 6.11. The highest BCUT2D eigenvalue weighted by Crippen LogP contribution is 2.28. The molecule has 2 amide bonds. The molecule has 0 radical (unpaired) electrons. The SMILES string of the molecule is CC[C@@H](C)[C@H]([NH3+])C(=O)NCC1CCC(C(=O)N[C@H](C)C(=O)[O-])CC1. The van der Waals surface area contributed by atoms with Gasteiger partial charge in [-0.3, -0.25) is 9.59 Å². The number of hydrogen-bond donors (Lipinski definition) is 3. The summed E-state index contributed by atoms with van der Waals surface area (Å²) in [5, 5.41) is 16.1. The molecule has 1 aliphatic rings. The first-order valence-corrected chi connectivity index (χ1v) is 8.88. The van der Waals surface area contributed by atoms with Gasteiger partial charge in [0.2, 0.25) is 5.91 Å². The van der Waals surface area contributed by atoms with Gasteiger partial charge >= 0.3 is 0 Å². The summed E-state index contributed by atoms with van der Waals surface area (Å²) < 4.78 is 0. The highest BCUT2D eigenvalue weighted by molar-refractivity contribution is 5.84. The summed E-state index contributed by atoms with van der Waals surface area (Å²) in [4.78, 5) is 34.7. The number of carbonyl (C=O) groups excluding carboxylic acids is 3. The molecule has 1 rings (SSSR count). The minimum absolute atomic E-state index is 0.00741. The second-order valence-corrected chi connectivity index (χ2v) is 7.00. The van der Waals surface area contributed by atoms with Crippen molar-refractivity contribution in [2.24, 2.45) is 17.8 Å². The average molecular weight is 341 g/mol. The summed E-state index contributed by atoms with van der Waals surface area (Å²) >= 11 is 0. The Morgan fingerprint density at radius 3 is 2.25 bits per heavy atom. The van der Waals surface area contributed by atoms with Gasteiger partial charge in [-0.25, -0.2) is 0 Å². The molecule has 0 heterocycles.